The Balaban J connectivity index is 1.12. The lowest BCUT2D eigenvalue weighted by molar-refractivity contribution is 0.588. The SMILES string of the molecule is [2H]C([2H])([2H])C(c1cccc(-c2ccc(N(c3ccc4c(c3)-c3ccccc3C4(C)C)c3ccc4c(c3)C3(c5ccccc5-4)c4ccccc4-c4ccc(C(C)(C)C)cc43)cc2)c1)(C([2H])([2H])[2H])C([2H])([2H])[2H]. The molecule has 1 spiro atoms. The van der Waals surface area contributed by atoms with E-state index in [1.807, 2.05) is 24.3 Å². The molecule has 1 atom stereocenters. The van der Waals surface area contributed by atoms with E-state index in [-0.39, 0.29) is 16.4 Å². The zero-order valence-electron chi connectivity index (χ0n) is 44.2. The predicted molar refractivity (Wildman–Crippen MR) is 258 cm³/mol. The minimum atomic E-state index is -3.37. The zero-order chi connectivity index (χ0) is 49.6. The fraction of sp³-hybridized carbons (Fsp3) is 0.200. The second-order valence-electron chi connectivity index (χ2n) is 18.7. The van der Waals surface area contributed by atoms with E-state index >= 15 is 0 Å². The van der Waals surface area contributed by atoms with Crippen LogP contribution in [0.3, 0.4) is 0 Å². The van der Waals surface area contributed by atoms with E-state index in [2.05, 4.69) is 167 Å². The molecule has 8 aromatic carbocycles. The summed E-state index contributed by atoms with van der Waals surface area (Å²) in [5, 5.41) is 0. The van der Waals surface area contributed by atoms with E-state index in [1.165, 1.54) is 90.5 Å². The van der Waals surface area contributed by atoms with Gasteiger partial charge in [0.15, 0.2) is 0 Å². The van der Waals surface area contributed by atoms with Gasteiger partial charge in [-0.15, -0.1) is 0 Å². The van der Waals surface area contributed by atoms with Gasteiger partial charge in [-0.05, 0) is 136 Å². The maximum Gasteiger partial charge on any atom is 0.0726 e. The normalized spacial score (nSPS) is 19.2. The first-order valence-corrected chi connectivity index (χ1v) is 21.3. The Morgan fingerprint density at radius 2 is 0.885 bits per heavy atom. The number of benzene rings is 8. The van der Waals surface area contributed by atoms with Crippen LogP contribution in [0.2, 0.25) is 0 Å². The molecule has 0 radical (unpaired) electrons. The van der Waals surface area contributed by atoms with Crippen LogP contribution in [0.5, 0.6) is 0 Å². The molecular formula is C60H53N. The molecule has 0 fully saturated rings. The highest BCUT2D eigenvalue weighted by atomic mass is 15.1. The summed E-state index contributed by atoms with van der Waals surface area (Å²) in [5.74, 6) is 0. The second-order valence-corrected chi connectivity index (χ2v) is 18.7. The van der Waals surface area contributed by atoms with E-state index in [0.717, 1.165) is 17.1 Å². The van der Waals surface area contributed by atoms with Gasteiger partial charge in [-0.1, -0.05) is 195 Å². The molecule has 0 saturated heterocycles. The van der Waals surface area contributed by atoms with Crippen molar-refractivity contribution in [3.63, 3.8) is 0 Å². The topological polar surface area (TPSA) is 3.24 Å². The standard InChI is InChI=1S/C60H53N/c1-57(2,3)40-17-15-16-39(34-40)38-24-27-42(28-25-38)61(43-30-33-52-50(36-43)47-20-9-12-21-51(47)59(52,7)8)44-29-32-49-46-19-11-14-23-54(46)60(56(49)37-44)53-22-13-10-18-45(53)48-31-26-41(35-55(48)60)58(4,5)6/h9-37H,1-8H3/i1D3,2D3,3D3. The summed E-state index contributed by atoms with van der Waals surface area (Å²) >= 11 is 0. The van der Waals surface area contributed by atoms with E-state index in [9.17, 15) is 0 Å². The monoisotopic (exact) mass is 796 g/mol. The molecule has 8 aromatic rings. The molecule has 0 bridgehead atoms. The minimum absolute atomic E-state index is 0.0810. The van der Waals surface area contributed by atoms with Gasteiger partial charge in [-0.25, -0.2) is 0 Å². The number of anilines is 3. The highest BCUT2D eigenvalue weighted by Crippen LogP contribution is 2.64. The van der Waals surface area contributed by atoms with Crippen LogP contribution in [-0.2, 0) is 21.7 Å². The van der Waals surface area contributed by atoms with Crippen molar-refractivity contribution in [2.75, 3.05) is 4.90 Å². The van der Waals surface area contributed by atoms with Crippen LogP contribution in [-0.4, -0.2) is 0 Å². The van der Waals surface area contributed by atoms with Crippen LogP contribution >= 0.6 is 0 Å². The molecule has 3 aliphatic rings. The Morgan fingerprint density at radius 3 is 1.54 bits per heavy atom. The third-order valence-electron chi connectivity index (χ3n) is 13.8. The first kappa shape index (κ1) is 28.9. The van der Waals surface area contributed by atoms with Crippen LogP contribution in [0.4, 0.5) is 17.1 Å². The number of nitrogens with zero attached hydrogens (tertiary/aromatic N) is 1. The van der Waals surface area contributed by atoms with Gasteiger partial charge in [0.05, 0.1) is 5.41 Å². The lowest BCUT2D eigenvalue weighted by Gasteiger charge is -2.33. The number of hydrogen-bond acceptors (Lipinski definition) is 1. The van der Waals surface area contributed by atoms with Gasteiger partial charge in [-0.3, -0.25) is 0 Å². The number of rotatable bonds is 4. The van der Waals surface area contributed by atoms with Crippen LogP contribution in [0.1, 0.15) is 112 Å². The van der Waals surface area contributed by atoms with E-state index in [0.29, 0.717) is 11.1 Å². The molecule has 0 heterocycles. The quantitative estimate of drug-likeness (QED) is 0.171. The molecular weight excluding hydrogens is 735 g/mol. The minimum Gasteiger partial charge on any atom is -0.310 e. The maximum atomic E-state index is 8.36. The van der Waals surface area contributed by atoms with Gasteiger partial charge >= 0.3 is 0 Å². The van der Waals surface area contributed by atoms with Crippen molar-refractivity contribution < 1.29 is 12.3 Å². The Labute approximate surface area is 375 Å². The third-order valence-corrected chi connectivity index (χ3v) is 13.8. The molecule has 1 unspecified atom stereocenters. The van der Waals surface area contributed by atoms with Crippen molar-refractivity contribution in [1.29, 1.82) is 0 Å². The average Bonchev–Trinajstić information content (AvgIpc) is 3.86. The Bertz CT molecular complexity index is 3370. The molecule has 11 rings (SSSR count). The summed E-state index contributed by atoms with van der Waals surface area (Å²) in [6, 6.07) is 60.9. The summed E-state index contributed by atoms with van der Waals surface area (Å²) in [6.07, 6.45) is 0. The third kappa shape index (κ3) is 5.46. The molecule has 0 aliphatic heterocycles. The molecule has 0 saturated carbocycles. The Kier molecular flexibility index (Phi) is 6.18. The van der Waals surface area contributed by atoms with Crippen molar-refractivity contribution in [1.82, 2.24) is 0 Å². The highest BCUT2D eigenvalue weighted by molar-refractivity contribution is 5.97. The molecule has 0 amide bonds. The molecule has 298 valence electrons. The number of hydrogen-bond donors (Lipinski definition) is 0. The van der Waals surface area contributed by atoms with Gasteiger partial charge in [0.2, 0.25) is 0 Å². The summed E-state index contributed by atoms with van der Waals surface area (Å²) in [5.41, 5.74) is 15.8. The Morgan fingerprint density at radius 1 is 0.377 bits per heavy atom. The lowest BCUT2D eigenvalue weighted by Crippen LogP contribution is -2.27. The summed E-state index contributed by atoms with van der Waals surface area (Å²) < 4.78 is 75.2. The van der Waals surface area contributed by atoms with Crippen LogP contribution < -0.4 is 4.90 Å². The van der Waals surface area contributed by atoms with Crippen LogP contribution in [0.15, 0.2) is 176 Å². The fourth-order valence-electron chi connectivity index (χ4n) is 10.8. The van der Waals surface area contributed by atoms with Gasteiger partial charge in [0.25, 0.3) is 0 Å². The smallest absolute Gasteiger partial charge is 0.0726 e. The van der Waals surface area contributed by atoms with E-state index < -0.39 is 31.4 Å². The fourth-order valence-corrected chi connectivity index (χ4v) is 10.8. The average molecular weight is 797 g/mol. The van der Waals surface area contributed by atoms with Gasteiger partial charge in [0.1, 0.15) is 0 Å². The van der Waals surface area contributed by atoms with Gasteiger partial charge in [-0.2, -0.15) is 0 Å². The molecule has 61 heavy (non-hydrogen) atoms. The van der Waals surface area contributed by atoms with Crippen LogP contribution in [0.25, 0.3) is 44.5 Å². The van der Waals surface area contributed by atoms with Crippen molar-refractivity contribution >= 4 is 17.1 Å². The van der Waals surface area contributed by atoms with E-state index in [4.69, 9.17) is 12.3 Å². The first-order chi connectivity index (χ1) is 33.0. The first-order valence-electron chi connectivity index (χ1n) is 25.8. The second kappa shape index (κ2) is 13.0. The molecule has 1 heteroatoms. The summed E-state index contributed by atoms with van der Waals surface area (Å²) in [7, 11) is 0. The van der Waals surface area contributed by atoms with Gasteiger partial charge < -0.3 is 4.90 Å². The largest absolute Gasteiger partial charge is 0.310 e. The molecule has 0 aromatic heterocycles. The Hall–Kier alpha value is -6.44. The molecule has 0 N–H and O–H groups in total. The predicted octanol–water partition coefficient (Wildman–Crippen LogP) is 16.1. The van der Waals surface area contributed by atoms with Crippen molar-refractivity contribution in [2.24, 2.45) is 0 Å². The lowest BCUT2D eigenvalue weighted by atomic mass is 9.69. The van der Waals surface area contributed by atoms with Crippen LogP contribution in [0, 0.1) is 0 Å². The van der Waals surface area contributed by atoms with Gasteiger partial charge in [0, 0.05) is 34.8 Å². The summed E-state index contributed by atoms with van der Waals surface area (Å²) in [4.78, 5) is 2.29. The molecule has 3 aliphatic carbocycles. The number of fused-ring (bicyclic) bond motifs is 13. The highest BCUT2D eigenvalue weighted by Gasteiger charge is 2.52. The summed E-state index contributed by atoms with van der Waals surface area (Å²) in [6.45, 7) is 1.26. The van der Waals surface area contributed by atoms with Crippen molar-refractivity contribution in [3.05, 3.63) is 220 Å². The van der Waals surface area contributed by atoms with E-state index in [1.54, 1.807) is 6.07 Å². The zero-order valence-corrected chi connectivity index (χ0v) is 35.2. The molecule has 1 nitrogen and oxygen atoms in total. The van der Waals surface area contributed by atoms with Crippen molar-refractivity contribution in [3.8, 4) is 44.5 Å². The van der Waals surface area contributed by atoms with Crippen molar-refractivity contribution in [2.45, 2.75) is 76.8 Å². The maximum absolute atomic E-state index is 8.36.